The summed E-state index contributed by atoms with van der Waals surface area (Å²) in [5, 5.41) is 0. The predicted molar refractivity (Wildman–Crippen MR) is 66.7 cm³/mol. The summed E-state index contributed by atoms with van der Waals surface area (Å²) < 4.78 is 29.1. The molecule has 2 heterocycles. The Morgan fingerprint density at radius 1 is 1.19 bits per heavy atom. The minimum atomic E-state index is -3.20. The average molecular weight is 301 g/mol. The predicted octanol–water partition coefficient (Wildman–Crippen LogP) is -0.661. The Labute approximate surface area is 118 Å². The number of ether oxygens (including phenoxy) is 1. The van der Waals surface area contributed by atoms with Crippen LogP contribution in [0.5, 0.6) is 0 Å². The monoisotopic (exact) mass is 301 g/mol. The number of hydrogen-bond donors (Lipinski definition) is 2. The van der Waals surface area contributed by atoms with Crippen molar-refractivity contribution in [2.75, 3.05) is 31.2 Å². The van der Waals surface area contributed by atoms with Gasteiger partial charge in [-0.2, -0.15) is 8.78 Å². The summed E-state index contributed by atoms with van der Waals surface area (Å²) >= 11 is 0. The Morgan fingerprint density at radius 3 is 2.38 bits per heavy atom. The number of hydrazine groups is 1. The standard InChI is InChI=1S/C11H13F2N5O3/c12-8(13)10(20)17-16-9(19)7-5-14-11(15-6-7)18-1-3-21-4-2-18/h5-6,8H,1-4H2,(H,16,19)(H,17,20). The van der Waals surface area contributed by atoms with E-state index in [-0.39, 0.29) is 5.56 Å². The molecule has 0 aliphatic carbocycles. The van der Waals surface area contributed by atoms with Crippen LogP contribution < -0.4 is 15.8 Å². The van der Waals surface area contributed by atoms with E-state index in [1.54, 1.807) is 5.43 Å². The Bertz CT molecular complexity index is 505. The molecule has 0 spiro atoms. The minimum absolute atomic E-state index is 0.0431. The van der Waals surface area contributed by atoms with Gasteiger partial charge in [-0.05, 0) is 0 Å². The van der Waals surface area contributed by atoms with Gasteiger partial charge in [0.2, 0.25) is 5.95 Å². The summed E-state index contributed by atoms with van der Waals surface area (Å²) in [4.78, 5) is 32.1. The summed E-state index contributed by atoms with van der Waals surface area (Å²) in [6.45, 7) is 2.45. The van der Waals surface area contributed by atoms with Gasteiger partial charge < -0.3 is 9.64 Å². The van der Waals surface area contributed by atoms with E-state index in [0.29, 0.717) is 32.3 Å². The van der Waals surface area contributed by atoms with E-state index in [4.69, 9.17) is 4.74 Å². The summed E-state index contributed by atoms with van der Waals surface area (Å²) in [6.07, 6.45) is -0.700. The fourth-order valence-corrected chi connectivity index (χ4v) is 1.61. The molecule has 1 saturated heterocycles. The molecular formula is C11H13F2N5O3. The van der Waals surface area contributed by atoms with Crippen molar-refractivity contribution in [3.05, 3.63) is 18.0 Å². The van der Waals surface area contributed by atoms with Gasteiger partial charge in [-0.3, -0.25) is 20.4 Å². The van der Waals surface area contributed by atoms with Crippen LogP contribution in [0.4, 0.5) is 14.7 Å². The van der Waals surface area contributed by atoms with E-state index in [2.05, 4.69) is 9.97 Å². The molecule has 1 fully saturated rings. The SMILES string of the molecule is O=C(NNC(=O)C(F)F)c1cnc(N2CCOCC2)nc1. The lowest BCUT2D eigenvalue weighted by molar-refractivity contribution is -0.132. The molecule has 0 atom stereocenters. The molecule has 0 saturated carbocycles. The van der Waals surface area contributed by atoms with Crippen molar-refractivity contribution >= 4 is 17.8 Å². The van der Waals surface area contributed by atoms with Crippen LogP contribution >= 0.6 is 0 Å². The first-order valence-electron chi connectivity index (χ1n) is 6.11. The summed E-state index contributed by atoms with van der Waals surface area (Å²) in [6, 6.07) is 0. The van der Waals surface area contributed by atoms with Crippen LogP contribution in [0.2, 0.25) is 0 Å². The van der Waals surface area contributed by atoms with E-state index in [9.17, 15) is 18.4 Å². The summed E-state index contributed by atoms with van der Waals surface area (Å²) in [5.41, 5.74) is 3.48. The Kier molecular flexibility index (Phi) is 4.93. The van der Waals surface area contributed by atoms with Gasteiger partial charge in [0, 0.05) is 25.5 Å². The molecule has 114 valence electrons. The number of alkyl halides is 2. The first-order chi connectivity index (χ1) is 10.1. The average Bonchev–Trinajstić information content (AvgIpc) is 2.53. The maximum Gasteiger partial charge on any atom is 0.317 e. The maximum absolute atomic E-state index is 11.9. The molecular weight excluding hydrogens is 288 g/mol. The van der Waals surface area contributed by atoms with Crippen LogP contribution in [0.25, 0.3) is 0 Å². The number of amides is 2. The van der Waals surface area contributed by atoms with Crippen LogP contribution in [-0.4, -0.2) is 54.5 Å². The van der Waals surface area contributed by atoms with Crippen molar-refractivity contribution in [2.45, 2.75) is 6.43 Å². The van der Waals surface area contributed by atoms with Gasteiger partial charge in [0.05, 0.1) is 18.8 Å². The number of anilines is 1. The molecule has 2 N–H and O–H groups in total. The second-order valence-corrected chi connectivity index (χ2v) is 4.12. The molecule has 0 aromatic carbocycles. The van der Waals surface area contributed by atoms with Crippen molar-refractivity contribution in [1.29, 1.82) is 0 Å². The molecule has 8 nitrogen and oxygen atoms in total. The van der Waals surface area contributed by atoms with E-state index < -0.39 is 18.2 Å². The molecule has 1 aliphatic rings. The van der Waals surface area contributed by atoms with Gasteiger partial charge in [0.25, 0.3) is 5.91 Å². The van der Waals surface area contributed by atoms with Gasteiger partial charge in [-0.15, -0.1) is 0 Å². The first-order valence-corrected chi connectivity index (χ1v) is 6.11. The highest BCUT2D eigenvalue weighted by Crippen LogP contribution is 2.09. The highest BCUT2D eigenvalue weighted by molar-refractivity contribution is 5.95. The van der Waals surface area contributed by atoms with Crippen LogP contribution in [-0.2, 0) is 9.53 Å². The summed E-state index contributed by atoms with van der Waals surface area (Å²) in [7, 11) is 0. The first kappa shape index (κ1) is 15.0. The van der Waals surface area contributed by atoms with Gasteiger partial charge in [-0.25, -0.2) is 9.97 Å². The number of rotatable bonds is 3. The zero-order valence-corrected chi connectivity index (χ0v) is 10.9. The normalized spacial score (nSPS) is 14.9. The zero-order valence-electron chi connectivity index (χ0n) is 10.9. The Hall–Kier alpha value is -2.36. The molecule has 10 heteroatoms. The van der Waals surface area contributed by atoms with Gasteiger partial charge in [0.15, 0.2) is 0 Å². The van der Waals surface area contributed by atoms with E-state index >= 15 is 0 Å². The second-order valence-electron chi connectivity index (χ2n) is 4.12. The third kappa shape index (κ3) is 4.05. The lowest BCUT2D eigenvalue weighted by atomic mass is 10.3. The van der Waals surface area contributed by atoms with Crippen molar-refractivity contribution in [1.82, 2.24) is 20.8 Å². The number of morpholine rings is 1. The van der Waals surface area contributed by atoms with Crippen molar-refractivity contribution in [3.63, 3.8) is 0 Å². The molecule has 21 heavy (non-hydrogen) atoms. The van der Waals surface area contributed by atoms with Crippen LogP contribution in [0.3, 0.4) is 0 Å². The second kappa shape index (κ2) is 6.88. The summed E-state index contributed by atoms with van der Waals surface area (Å²) in [5.74, 6) is -1.92. The quantitative estimate of drug-likeness (QED) is 0.720. The highest BCUT2D eigenvalue weighted by atomic mass is 19.3. The number of nitrogens with one attached hydrogen (secondary N) is 2. The number of nitrogens with zero attached hydrogens (tertiary/aromatic N) is 3. The maximum atomic E-state index is 11.9. The highest BCUT2D eigenvalue weighted by Gasteiger charge is 2.17. The smallest absolute Gasteiger partial charge is 0.317 e. The third-order valence-corrected chi connectivity index (χ3v) is 2.69. The third-order valence-electron chi connectivity index (χ3n) is 2.69. The molecule has 2 amide bonds. The van der Waals surface area contributed by atoms with E-state index in [0.717, 1.165) is 0 Å². The number of halogens is 2. The molecule has 2 rings (SSSR count). The largest absolute Gasteiger partial charge is 0.378 e. The molecule has 1 aromatic rings. The topological polar surface area (TPSA) is 96.5 Å². The Balaban J connectivity index is 1.91. The van der Waals surface area contributed by atoms with Crippen molar-refractivity contribution in [2.24, 2.45) is 0 Å². The van der Waals surface area contributed by atoms with Crippen molar-refractivity contribution < 1.29 is 23.1 Å². The Morgan fingerprint density at radius 2 is 1.81 bits per heavy atom. The number of hydrogen-bond acceptors (Lipinski definition) is 6. The molecule has 0 unspecified atom stereocenters. The van der Waals surface area contributed by atoms with Crippen LogP contribution in [0, 0.1) is 0 Å². The van der Waals surface area contributed by atoms with Crippen LogP contribution in [0.1, 0.15) is 10.4 Å². The lowest BCUT2D eigenvalue weighted by Crippen LogP contribution is -2.44. The fourth-order valence-electron chi connectivity index (χ4n) is 1.61. The lowest BCUT2D eigenvalue weighted by Gasteiger charge is -2.26. The van der Waals surface area contributed by atoms with Crippen LogP contribution in [0.15, 0.2) is 12.4 Å². The molecule has 0 bridgehead atoms. The number of aromatic nitrogens is 2. The van der Waals surface area contributed by atoms with Gasteiger partial charge in [0.1, 0.15) is 0 Å². The number of carbonyl (C=O) groups excluding carboxylic acids is 2. The zero-order chi connectivity index (χ0) is 15.2. The van der Waals surface area contributed by atoms with Crippen molar-refractivity contribution in [3.8, 4) is 0 Å². The van der Waals surface area contributed by atoms with Gasteiger partial charge >= 0.3 is 12.3 Å². The minimum Gasteiger partial charge on any atom is -0.378 e. The van der Waals surface area contributed by atoms with E-state index in [1.807, 2.05) is 10.3 Å². The van der Waals surface area contributed by atoms with E-state index in [1.165, 1.54) is 12.4 Å². The molecule has 0 radical (unpaired) electrons. The van der Waals surface area contributed by atoms with Gasteiger partial charge in [-0.1, -0.05) is 0 Å². The number of carbonyl (C=O) groups is 2. The molecule has 1 aliphatic heterocycles. The molecule has 1 aromatic heterocycles. The fraction of sp³-hybridized carbons (Fsp3) is 0.455.